The minimum absolute atomic E-state index is 0.147. The van der Waals surface area contributed by atoms with E-state index >= 15 is 0 Å². The molecule has 2 heterocycles. The molecule has 1 saturated heterocycles. The molecule has 0 bridgehead atoms. The maximum absolute atomic E-state index is 13.0. The first-order chi connectivity index (χ1) is 17.5. The Balaban J connectivity index is 1.37. The molecule has 0 saturated carbocycles. The van der Waals surface area contributed by atoms with E-state index in [1.54, 1.807) is 25.2 Å². The molecular formula is C27H35N3O6. The van der Waals surface area contributed by atoms with Gasteiger partial charge in [0.15, 0.2) is 0 Å². The predicted octanol–water partition coefficient (Wildman–Crippen LogP) is 1.91. The number of carbonyl (C=O) groups is 2. The Morgan fingerprint density at radius 1 is 1.03 bits per heavy atom. The summed E-state index contributed by atoms with van der Waals surface area (Å²) in [6.45, 7) is 4.56. The van der Waals surface area contributed by atoms with Crippen LogP contribution in [-0.4, -0.2) is 79.5 Å². The SMILES string of the molecule is COCCN(CCOC)Cc1ccc(COc2cccc3c2CN(C2CCC(=O)NC2O)C3=O)cc1. The van der Waals surface area contributed by atoms with Gasteiger partial charge in [-0.1, -0.05) is 30.3 Å². The standard InChI is InChI=1S/C27H35N3O6/c1-34-14-12-29(13-15-35-2)16-19-6-8-20(9-7-19)18-36-24-5-3-4-21-22(24)17-30(27(21)33)23-10-11-25(31)28-26(23)32/h3-9,23,26,32H,10-18H2,1-2H3,(H,28,31). The quantitative estimate of drug-likeness (QED) is 0.462. The zero-order chi connectivity index (χ0) is 25.5. The Labute approximate surface area is 211 Å². The number of carbonyl (C=O) groups excluding carboxylic acids is 2. The molecule has 2 N–H and O–H groups in total. The molecule has 0 aliphatic carbocycles. The van der Waals surface area contributed by atoms with E-state index in [9.17, 15) is 14.7 Å². The second kappa shape index (κ2) is 12.3. The second-order valence-corrected chi connectivity index (χ2v) is 9.20. The topological polar surface area (TPSA) is 101 Å². The molecule has 0 spiro atoms. The van der Waals surface area contributed by atoms with Gasteiger partial charge in [-0.2, -0.15) is 0 Å². The van der Waals surface area contributed by atoms with Crippen LogP contribution in [-0.2, 0) is 34.0 Å². The number of nitrogens with one attached hydrogen (secondary N) is 1. The highest BCUT2D eigenvalue weighted by Gasteiger charge is 2.40. The van der Waals surface area contributed by atoms with E-state index in [1.165, 1.54) is 5.56 Å². The summed E-state index contributed by atoms with van der Waals surface area (Å²) in [7, 11) is 3.41. The van der Waals surface area contributed by atoms with Crippen LogP contribution < -0.4 is 10.1 Å². The lowest BCUT2D eigenvalue weighted by atomic mass is 10.0. The van der Waals surface area contributed by atoms with Crippen LogP contribution in [0.1, 0.15) is 39.9 Å². The average molecular weight is 498 g/mol. The van der Waals surface area contributed by atoms with E-state index in [1.807, 2.05) is 12.1 Å². The maximum Gasteiger partial charge on any atom is 0.255 e. The maximum atomic E-state index is 13.0. The molecule has 2 aromatic rings. The molecule has 0 aromatic heterocycles. The average Bonchev–Trinajstić information content (AvgIpc) is 3.22. The van der Waals surface area contributed by atoms with Crippen LogP contribution in [0.3, 0.4) is 0 Å². The molecule has 4 rings (SSSR count). The summed E-state index contributed by atoms with van der Waals surface area (Å²) in [5.74, 6) is 0.314. The first-order valence-corrected chi connectivity index (χ1v) is 12.3. The van der Waals surface area contributed by atoms with Gasteiger partial charge in [-0.25, -0.2) is 0 Å². The second-order valence-electron chi connectivity index (χ2n) is 9.20. The fraction of sp³-hybridized carbons (Fsp3) is 0.481. The third-order valence-corrected chi connectivity index (χ3v) is 6.74. The number of methoxy groups -OCH3 is 2. The highest BCUT2D eigenvalue weighted by atomic mass is 16.5. The molecule has 2 aliphatic rings. The molecule has 2 unspecified atom stereocenters. The van der Waals surface area contributed by atoms with Crippen molar-refractivity contribution in [3.63, 3.8) is 0 Å². The fourth-order valence-corrected chi connectivity index (χ4v) is 4.70. The molecule has 2 aliphatic heterocycles. The van der Waals surface area contributed by atoms with Gasteiger partial charge in [0.25, 0.3) is 5.91 Å². The van der Waals surface area contributed by atoms with Gasteiger partial charge in [0.05, 0.1) is 25.8 Å². The largest absolute Gasteiger partial charge is 0.489 e. The lowest BCUT2D eigenvalue weighted by molar-refractivity contribution is -0.129. The number of hydrogen-bond donors (Lipinski definition) is 2. The Kier molecular flexibility index (Phi) is 8.93. The van der Waals surface area contributed by atoms with E-state index in [0.29, 0.717) is 44.1 Å². The van der Waals surface area contributed by atoms with Crippen LogP contribution in [0.2, 0.25) is 0 Å². The number of benzene rings is 2. The highest BCUT2D eigenvalue weighted by Crippen LogP contribution is 2.34. The first kappa shape index (κ1) is 26.1. The van der Waals surface area contributed by atoms with Crippen LogP contribution in [0.4, 0.5) is 0 Å². The van der Waals surface area contributed by atoms with Gasteiger partial charge in [-0.15, -0.1) is 0 Å². The summed E-state index contributed by atoms with van der Waals surface area (Å²) in [5, 5.41) is 12.8. The summed E-state index contributed by atoms with van der Waals surface area (Å²) in [5.41, 5.74) is 3.63. The monoisotopic (exact) mass is 497 g/mol. The number of aliphatic hydroxyl groups is 1. The number of rotatable bonds is 12. The van der Waals surface area contributed by atoms with E-state index in [2.05, 4.69) is 34.5 Å². The lowest BCUT2D eigenvalue weighted by Gasteiger charge is -2.35. The minimum Gasteiger partial charge on any atom is -0.489 e. The normalized spacial score (nSPS) is 19.5. The Hall–Kier alpha value is -2.98. The number of fused-ring (bicyclic) bond motifs is 1. The molecular weight excluding hydrogens is 462 g/mol. The van der Waals surface area contributed by atoms with Crippen LogP contribution in [0.15, 0.2) is 42.5 Å². The summed E-state index contributed by atoms with van der Waals surface area (Å²) >= 11 is 0. The number of amides is 2. The van der Waals surface area contributed by atoms with Gasteiger partial charge in [0.1, 0.15) is 18.6 Å². The summed E-state index contributed by atoms with van der Waals surface area (Å²) in [6.07, 6.45) is -0.339. The molecule has 9 heteroatoms. The van der Waals surface area contributed by atoms with Crippen molar-refractivity contribution < 1.29 is 28.9 Å². The van der Waals surface area contributed by atoms with Crippen molar-refractivity contribution in [2.24, 2.45) is 0 Å². The fourth-order valence-electron chi connectivity index (χ4n) is 4.70. The molecule has 36 heavy (non-hydrogen) atoms. The molecule has 1 fully saturated rings. The van der Waals surface area contributed by atoms with Crippen LogP contribution >= 0.6 is 0 Å². The molecule has 194 valence electrons. The van der Waals surface area contributed by atoms with Crippen molar-refractivity contribution in [3.8, 4) is 5.75 Å². The van der Waals surface area contributed by atoms with Gasteiger partial charge in [0, 0.05) is 51.4 Å². The van der Waals surface area contributed by atoms with Crippen LogP contribution in [0.5, 0.6) is 5.75 Å². The zero-order valence-corrected chi connectivity index (χ0v) is 20.9. The third kappa shape index (κ3) is 6.22. The van der Waals surface area contributed by atoms with Crippen molar-refractivity contribution in [2.45, 2.75) is 44.8 Å². The van der Waals surface area contributed by atoms with E-state index < -0.39 is 12.3 Å². The lowest BCUT2D eigenvalue weighted by Crippen LogP contribution is -2.55. The number of piperidine rings is 1. The molecule has 2 aromatic carbocycles. The van der Waals surface area contributed by atoms with E-state index in [-0.39, 0.29) is 18.2 Å². The van der Waals surface area contributed by atoms with E-state index in [0.717, 1.165) is 30.8 Å². The van der Waals surface area contributed by atoms with Gasteiger partial charge >= 0.3 is 0 Å². The number of aliphatic hydroxyl groups excluding tert-OH is 1. The van der Waals surface area contributed by atoms with Crippen molar-refractivity contribution in [2.75, 3.05) is 40.5 Å². The van der Waals surface area contributed by atoms with Crippen LogP contribution in [0, 0.1) is 0 Å². The highest BCUT2D eigenvalue weighted by molar-refractivity contribution is 5.99. The summed E-state index contributed by atoms with van der Waals surface area (Å²) in [6, 6.07) is 13.3. The minimum atomic E-state index is -1.06. The van der Waals surface area contributed by atoms with Crippen molar-refractivity contribution in [1.82, 2.24) is 15.1 Å². The third-order valence-electron chi connectivity index (χ3n) is 6.74. The van der Waals surface area contributed by atoms with Crippen molar-refractivity contribution >= 4 is 11.8 Å². The van der Waals surface area contributed by atoms with Gasteiger partial charge in [-0.05, 0) is 29.7 Å². The zero-order valence-electron chi connectivity index (χ0n) is 20.9. The Morgan fingerprint density at radius 3 is 2.39 bits per heavy atom. The van der Waals surface area contributed by atoms with E-state index in [4.69, 9.17) is 14.2 Å². The number of hydrogen-bond acceptors (Lipinski definition) is 7. The number of ether oxygens (including phenoxy) is 3. The molecule has 9 nitrogen and oxygen atoms in total. The van der Waals surface area contributed by atoms with Crippen molar-refractivity contribution in [3.05, 3.63) is 64.7 Å². The predicted molar refractivity (Wildman–Crippen MR) is 133 cm³/mol. The van der Waals surface area contributed by atoms with Crippen LogP contribution in [0.25, 0.3) is 0 Å². The van der Waals surface area contributed by atoms with Gasteiger partial charge < -0.3 is 29.5 Å². The Morgan fingerprint density at radius 2 is 1.72 bits per heavy atom. The van der Waals surface area contributed by atoms with Crippen molar-refractivity contribution in [1.29, 1.82) is 0 Å². The molecule has 2 atom stereocenters. The number of nitrogens with zero attached hydrogens (tertiary/aromatic N) is 2. The Bertz CT molecular complexity index is 1040. The van der Waals surface area contributed by atoms with Gasteiger partial charge in [-0.3, -0.25) is 14.5 Å². The molecule has 2 amide bonds. The summed E-state index contributed by atoms with van der Waals surface area (Å²) < 4.78 is 16.6. The first-order valence-electron chi connectivity index (χ1n) is 12.3. The summed E-state index contributed by atoms with van der Waals surface area (Å²) in [4.78, 5) is 28.5. The van der Waals surface area contributed by atoms with Gasteiger partial charge in [0.2, 0.25) is 5.91 Å². The smallest absolute Gasteiger partial charge is 0.255 e. The molecule has 0 radical (unpaired) electrons.